The lowest BCUT2D eigenvalue weighted by atomic mass is 9.87. The van der Waals surface area contributed by atoms with Crippen molar-refractivity contribution in [3.8, 4) is 0 Å². The van der Waals surface area contributed by atoms with Gasteiger partial charge < -0.3 is 15.8 Å². The Hall–Kier alpha value is -1.71. The van der Waals surface area contributed by atoms with E-state index < -0.39 is 0 Å². The summed E-state index contributed by atoms with van der Waals surface area (Å²) in [7, 11) is 0. The van der Waals surface area contributed by atoms with Crippen molar-refractivity contribution in [2.75, 3.05) is 17.7 Å². The fourth-order valence-corrected chi connectivity index (χ4v) is 2.85. The molecule has 1 aliphatic carbocycles. The predicted molar refractivity (Wildman–Crippen MR) is 81.9 cm³/mol. The zero-order valence-corrected chi connectivity index (χ0v) is 12.5. The number of nitrogens with two attached hydrogens (primary N) is 1. The zero-order chi connectivity index (χ0) is 14.8. The maximum atomic E-state index is 12.0. The van der Waals surface area contributed by atoms with Gasteiger partial charge in [-0.15, -0.1) is 0 Å². The molecule has 1 fully saturated rings. The van der Waals surface area contributed by atoms with E-state index >= 15 is 0 Å². The number of nitrogens with one attached hydrogen (secondary N) is 1. The van der Waals surface area contributed by atoms with Gasteiger partial charge in [-0.1, -0.05) is 20.3 Å². The highest BCUT2D eigenvalue weighted by molar-refractivity contribution is 5.96. The fraction of sp³-hybridized carbons (Fsp3) is 0.562. The van der Waals surface area contributed by atoms with E-state index in [1.165, 1.54) is 12.8 Å². The van der Waals surface area contributed by atoms with Gasteiger partial charge in [0.15, 0.2) is 0 Å². The standard InChI is InChI=1S/C16H24N2O2/c1-4-20-15(19)12-10-11(17)7-8-13(12)18-14-6-5-9-16(14,2)3/h7-8,10,14,18H,4-6,9,17H2,1-3H3. The van der Waals surface area contributed by atoms with E-state index in [2.05, 4.69) is 19.2 Å². The molecule has 0 aromatic heterocycles. The summed E-state index contributed by atoms with van der Waals surface area (Å²) in [6.07, 6.45) is 3.54. The summed E-state index contributed by atoms with van der Waals surface area (Å²) in [5, 5.41) is 3.51. The van der Waals surface area contributed by atoms with Crippen LogP contribution in [0.25, 0.3) is 0 Å². The van der Waals surface area contributed by atoms with Crippen LogP contribution in [0.5, 0.6) is 0 Å². The molecule has 0 aliphatic heterocycles. The van der Waals surface area contributed by atoms with E-state index in [-0.39, 0.29) is 11.4 Å². The molecular weight excluding hydrogens is 252 g/mol. The van der Waals surface area contributed by atoms with Crippen LogP contribution in [0.3, 0.4) is 0 Å². The summed E-state index contributed by atoms with van der Waals surface area (Å²) in [5.74, 6) is -0.321. The second kappa shape index (κ2) is 5.73. The smallest absolute Gasteiger partial charge is 0.340 e. The average Bonchev–Trinajstić information content (AvgIpc) is 2.71. The van der Waals surface area contributed by atoms with Gasteiger partial charge in [-0.2, -0.15) is 0 Å². The summed E-state index contributed by atoms with van der Waals surface area (Å²) in [4.78, 5) is 12.0. The van der Waals surface area contributed by atoms with Gasteiger partial charge in [-0.3, -0.25) is 0 Å². The third-order valence-corrected chi connectivity index (χ3v) is 4.13. The lowest BCUT2D eigenvalue weighted by Gasteiger charge is -2.29. The van der Waals surface area contributed by atoms with Crippen LogP contribution in [0.2, 0.25) is 0 Å². The van der Waals surface area contributed by atoms with Crippen LogP contribution in [0.1, 0.15) is 50.4 Å². The molecule has 0 radical (unpaired) electrons. The van der Waals surface area contributed by atoms with Crippen molar-refractivity contribution in [2.24, 2.45) is 5.41 Å². The predicted octanol–water partition coefficient (Wildman–Crippen LogP) is 3.44. The van der Waals surface area contributed by atoms with E-state index in [1.807, 2.05) is 12.1 Å². The monoisotopic (exact) mass is 276 g/mol. The van der Waals surface area contributed by atoms with Crippen LogP contribution in [-0.2, 0) is 4.74 Å². The molecule has 1 aromatic rings. The molecule has 3 N–H and O–H groups in total. The first-order valence-electron chi connectivity index (χ1n) is 7.27. The molecule has 1 saturated carbocycles. The summed E-state index contributed by atoms with van der Waals surface area (Å²) in [5.41, 5.74) is 7.94. The molecule has 0 bridgehead atoms. The minimum atomic E-state index is -0.321. The Morgan fingerprint density at radius 2 is 2.25 bits per heavy atom. The number of rotatable bonds is 4. The van der Waals surface area contributed by atoms with Gasteiger partial charge in [0, 0.05) is 17.4 Å². The van der Waals surface area contributed by atoms with Crippen molar-refractivity contribution >= 4 is 17.3 Å². The van der Waals surface area contributed by atoms with Crippen molar-refractivity contribution in [3.63, 3.8) is 0 Å². The highest BCUT2D eigenvalue weighted by Gasteiger charge is 2.34. The van der Waals surface area contributed by atoms with Crippen LogP contribution in [0.4, 0.5) is 11.4 Å². The van der Waals surface area contributed by atoms with E-state index in [9.17, 15) is 4.79 Å². The molecule has 0 amide bonds. The molecule has 1 atom stereocenters. The van der Waals surface area contributed by atoms with E-state index in [0.717, 1.165) is 12.1 Å². The van der Waals surface area contributed by atoms with Crippen LogP contribution < -0.4 is 11.1 Å². The highest BCUT2D eigenvalue weighted by Crippen LogP contribution is 2.39. The third-order valence-electron chi connectivity index (χ3n) is 4.13. The summed E-state index contributed by atoms with van der Waals surface area (Å²) < 4.78 is 5.11. The van der Waals surface area contributed by atoms with Crippen molar-refractivity contribution in [1.29, 1.82) is 0 Å². The maximum Gasteiger partial charge on any atom is 0.340 e. The number of carbonyl (C=O) groups is 1. The van der Waals surface area contributed by atoms with Crippen LogP contribution in [-0.4, -0.2) is 18.6 Å². The molecule has 1 aromatic carbocycles. The fourth-order valence-electron chi connectivity index (χ4n) is 2.85. The van der Waals surface area contributed by atoms with Gasteiger partial charge in [0.2, 0.25) is 0 Å². The molecule has 4 heteroatoms. The Bertz CT molecular complexity index is 497. The lowest BCUT2D eigenvalue weighted by Crippen LogP contribution is -2.31. The molecule has 110 valence electrons. The first kappa shape index (κ1) is 14.7. The van der Waals surface area contributed by atoms with Crippen molar-refractivity contribution in [1.82, 2.24) is 0 Å². The van der Waals surface area contributed by atoms with Gasteiger partial charge in [0.25, 0.3) is 0 Å². The highest BCUT2D eigenvalue weighted by atomic mass is 16.5. The van der Waals surface area contributed by atoms with Gasteiger partial charge in [0.1, 0.15) is 0 Å². The van der Waals surface area contributed by atoms with Gasteiger partial charge in [-0.25, -0.2) is 4.79 Å². The second-order valence-electron chi connectivity index (χ2n) is 6.10. The van der Waals surface area contributed by atoms with Gasteiger partial charge in [-0.05, 0) is 43.4 Å². The van der Waals surface area contributed by atoms with Gasteiger partial charge in [0.05, 0.1) is 12.2 Å². The third kappa shape index (κ3) is 3.06. The number of hydrogen-bond donors (Lipinski definition) is 2. The Morgan fingerprint density at radius 1 is 1.50 bits per heavy atom. The molecule has 0 saturated heterocycles. The van der Waals surface area contributed by atoms with E-state index in [0.29, 0.717) is 23.9 Å². The largest absolute Gasteiger partial charge is 0.462 e. The molecular formula is C16H24N2O2. The Morgan fingerprint density at radius 3 is 2.85 bits per heavy atom. The number of anilines is 2. The molecule has 0 spiro atoms. The number of ether oxygens (including phenoxy) is 1. The van der Waals surface area contributed by atoms with Crippen molar-refractivity contribution in [2.45, 2.75) is 46.1 Å². The first-order valence-corrected chi connectivity index (χ1v) is 7.27. The Kier molecular flexibility index (Phi) is 4.21. The van der Waals surface area contributed by atoms with Gasteiger partial charge >= 0.3 is 5.97 Å². The first-order chi connectivity index (χ1) is 9.44. The minimum Gasteiger partial charge on any atom is -0.462 e. The number of benzene rings is 1. The average molecular weight is 276 g/mol. The van der Waals surface area contributed by atoms with Crippen molar-refractivity contribution < 1.29 is 9.53 Å². The number of nitrogen functional groups attached to an aromatic ring is 1. The van der Waals surface area contributed by atoms with Crippen LogP contribution in [0, 0.1) is 5.41 Å². The lowest BCUT2D eigenvalue weighted by molar-refractivity contribution is 0.0527. The number of carbonyl (C=O) groups excluding carboxylic acids is 1. The van der Waals surface area contributed by atoms with Crippen molar-refractivity contribution in [3.05, 3.63) is 23.8 Å². The summed E-state index contributed by atoms with van der Waals surface area (Å²) in [6, 6.07) is 5.74. The molecule has 4 nitrogen and oxygen atoms in total. The Labute approximate surface area is 120 Å². The van der Waals surface area contributed by atoms with Crippen LogP contribution in [0.15, 0.2) is 18.2 Å². The Balaban J connectivity index is 2.25. The quantitative estimate of drug-likeness (QED) is 0.653. The summed E-state index contributed by atoms with van der Waals surface area (Å²) >= 11 is 0. The normalized spacial score (nSPS) is 20.6. The number of esters is 1. The topological polar surface area (TPSA) is 64.3 Å². The second-order valence-corrected chi connectivity index (χ2v) is 6.10. The molecule has 0 heterocycles. The van der Waals surface area contributed by atoms with Crippen LogP contribution >= 0.6 is 0 Å². The molecule has 1 aliphatic rings. The zero-order valence-electron chi connectivity index (χ0n) is 12.5. The van der Waals surface area contributed by atoms with E-state index in [4.69, 9.17) is 10.5 Å². The van der Waals surface area contributed by atoms with E-state index in [1.54, 1.807) is 13.0 Å². The minimum absolute atomic E-state index is 0.243. The number of hydrogen-bond acceptors (Lipinski definition) is 4. The SMILES string of the molecule is CCOC(=O)c1cc(N)ccc1NC1CCCC1(C)C. The molecule has 2 rings (SSSR count). The maximum absolute atomic E-state index is 12.0. The molecule has 1 unspecified atom stereocenters. The summed E-state index contributed by atoms with van der Waals surface area (Å²) in [6.45, 7) is 6.69. The molecule has 20 heavy (non-hydrogen) atoms.